The Morgan fingerprint density at radius 3 is 2.63 bits per heavy atom. The summed E-state index contributed by atoms with van der Waals surface area (Å²) in [5.41, 5.74) is 6.37. The molecule has 41 heavy (non-hydrogen) atoms. The van der Waals surface area contributed by atoms with Gasteiger partial charge in [0.25, 0.3) is 5.91 Å². The minimum Gasteiger partial charge on any atom is -0.466 e. The van der Waals surface area contributed by atoms with Crippen LogP contribution >= 0.6 is 0 Å². The van der Waals surface area contributed by atoms with Crippen LogP contribution in [0.3, 0.4) is 0 Å². The van der Waals surface area contributed by atoms with Crippen molar-refractivity contribution in [3.63, 3.8) is 0 Å². The van der Waals surface area contributed by atoms with Crippen LogP contribution in [0.15, 0.2) is 48.5 Å². The Bertz CT molecular complexity index is 1710. The average Bonchev–Trinajstić information content (AvgIpc) is 3.90. The number of rotatable bonds is 6. The fourth-order valence-electron chi connectivity index (χ4n) is 6.44. The SMILES string of the molecule is CCOC(=O)[C@@H]1C[C@H]1c1ccc(-c2nc3c(C4CC4)cc(C(=O)N4CCc5ccccc5[C@H]4C)nc3n2C)c(F)c1. The second kappa shape index (κ2) is 9.79. The van der Waals surface area contributed by atoms with Crippen molar-refractivity contribution < 1.29 is 18.7 Å². The number of hydrogen-bond donors (Lipinski definition) is 0. The molecular formula is C33H33FN4O3. The highest BCUT2D eigenvalue weighted by Crippen LogP contribution is 2.49. The number of carbonyl (C=O) groups is 2. The van der Waals surface area contributed by atoms with Crippen LogP contribution in [0.1, 0.15) is 83.7 Å². The van der Waals surface area contributed by atoms with E-state index in [0.717, 1.165) is 35.9 Å². The van der Waals surface area contributed by atoms with E-state index in [1.165, 1.54) is 17.2 Å². The van der Waals surface area contributed by atoms with Gasteiger partial charge in [-0.1, -0.05) is 30.3 Å². The number of benzene rings is 2. The summed E-state index contributed by atoms with van der Waals surface area (Å²) in [6.07, 6.45) is 3.57. The molecule has 0 unspecified atom stereocenters. The van der Waals surface area contributed by atoms with Crippen LogP contribution in [-0.2, 0) is 23.0 Å². The van der Waals surface area contributed by atoms with E-state index in [9.17, 15) is 9.59 Å². The Labute approximate surface area is 238 Å². The molecule has 3 aliphatic rings. The van der Waals surface area contributed by atoms with Gasteiger partial charge < -0.3 is 14.2 Å². The lowest BCUT2D eigenvalue weighted by Crippen LogP contribution is -2.39. The van der Waals surface area contributed by atoms with Gasteiger partial charge in [-0.2, -0.15) is 0 Å². The van der Waals surface area contributed by atoms with Crippen molar-refractivity contribution in [1.82, 2.24) is 19.4 Å². The van der Waals surface area contributed by atoms with E-state index >= 15 is 4.39 Å². The first-order valence-corrected chi connectivity index (χ1v) is 14.6. The van der Waals surface area contributed by atoms with Crippen LogP contribution in [0.5, 0.6) is 0 Å². The van der Waals surface area contributed by atoms with Gasteiger partial charge in [-0.15, -0.1) is 0 Å². The van der Waals surface area contributed by atoms with Crippen molar-refractivity contribution in [1.29, 1.82) is 0 Å². The Morgan fingerprint density at radius 1 is 1.07 bits per heavy atom. The third-order valence-electron chi connectivity index (χ3n) is 8.99. The summed E-state index contributed by atoms with van der Waals surface area (Å²) in [6.45, 7) is 4.84. The summed E-state index contributed by atoms with van der Waals surface area (Å²) in [5.74, 6) is -0.107. The largest absolute Gasteiger partial charge is 0.466 e. The van der Waals surface area contributed by atoms with E-state index in [4.69, 9.17) is 14.7 Å². The number of ether oxygens (including phenoxy) is 1. The molecule has 1 amide bonds. The van der Waals surface area contributed by atoms with Gasteiger partial charge in [0.05, 0.1) is 24.1 Å². The Morgan fingerprint density at radius 2 is 1.88 bits per heavy atom. The molecule has 3 atom stereocenters. The van der Waals surface area contributed by atoms with E-state index in [2.05, 4.69) is 19.1 Å². The molecular weight excluding hydrogens is 519 g/mol. The fraction of sp³-hybridized carbons (Fsp3) is 0.394. The molecule has 2 saturated carbocycles. The van der Waals surface area contributed by atoms with E-state index in [1.807, 2.05) is 36.2 Å². The van der Waals surface area contributed by atoms with E-state index < -0.39 is 0 Å². The van der Waals surface area contributed by atoms with Gasteiger partial charge in [-0.3, -0.25) is 9.59 Å². The number of nitrogens with zero attached hydrogens (tertiary/aromatic N) is 4. The van der Waals surface area contributed by atoms with Crippen LogP contribution in [0.2, 0.25) is 0 Å². The van der Waals surface area contributed by atoms with Gasteiger partial charge in [-0.25, -0.2) is 14.4 Å². The van der Waals surface area contributed by atoms with Gasteiger partial charge in [-0.05, 0) is 91.8 Å². The Balaban J connectivity index is 1.23. The van der Waals surface area contributed by atoms with Crippen molar-refractivity contribution in [3.05, 3.63) is 82.3 Å². The quantitative estimate of drug-likeness (QED) is 0.271. The lowest BCUT2D eigenvalue weighted by molar-refractivity contribution is -0.144. The normalized spacial score (nSPS) is 21.6. The third kappa shape index (κ3) is 4.40. The number of halogens is 1. The molecule has 0 spiro atoms. The minimum absolute atomic E-state index is 0.0149. The molecule has 3 heterocycles. The number of imidazole rings is 1. The first kappa shape index (κ1) is 25.9. The van der Waals surface area contributed by atoms with Crippen molar-refractivity contribution in [3.8, 4) is 11.4 Å². The molecule has 1 aliphatic heterocycles. The maximum Gasteiger partial charge on any atom is 0.309 e. The van der Waals surface area contributed by atoms with Crippen LogP contribution in [0, 0.1) is 11.7 Å². The summed E-state index contributed by atoms with van der Waals surface area (Å²) >= 11 is 0. The number of carbonyl (C=O) groups excluding carboxylic acids is 2. The second-order valence-electron chi connectivity index (χ2n) is 11.6. The monoisotopic (exact) mass is 552 g/mol. The molecule has 2 aliphatic carbocycles. The Hall–Kier alpha value is -4.07. The molecule has 7 nitrogen and oxygen atoms in total. The summed E-state index contributed by atoms with van der Waals surface area (Å²) in [7, 11) is 1.83. The van der Waals surface area contributed by atoms with E-state index in [0.29, 0.717) is 48.2 Å². The van der Waals surface area contributed by atoms with Crippen molar-refractivity contribution in [2.45, 2.75) is 57.4 Å². The molecule has 2 aromatic heterocycles. The minimum atomic E-state index is -0.388. The van der Waals surface area contributed by atoms with E-state index in [1.54, 1.807) is 17.6 Å². The smallest absolute Gasteiger partial charge is 0.309 e. The predicted octanol–water partition coefficient (Wildman–Crippen LogP) is 6.08. The molecule has 0 N–H and O–H groups in total. The topological polar surface area (TPSA) is 77.3 Å². The second-order valence-corrected chi connectivity index (χ2v) is 11.6. The number of aromatic nitrogens is 3. The maximum absolute atomic E-state index is 15.5. The van der Waals surface area contributed by atoms with Gasteiger partial charge >= 0.3 is 5.97 Å². The summed E-state index contributed by atoms with van der Waals surface area (Å²) in [6, 6.07) is 15.3. The van der Waals surface area contributed by atoms with E-state index in [-0.39, 0.29) is 35.6 Å². The molecule has 210 valence electrons. The van der Waals surface area contributed by atoms with Gasteiger partial charge in [0.1, 0.15) is 22.9 Å². The number of amides is 1. The lowest BCUT2D eigenvalue weighted by Gasteiger charge is -2.35. The van der Waals surface area contributed by atoms with Crippen molar-refractivity contribution in [2.24, 2.45) is 13.0 Å². The van der Waals surface area contributed by atoms with Gasteiger partial charge in [0.15, 0.2) is 5.65 Å². The van der Waals surface area contributed by atoms with Crippen LogP contribution < -0.4 is 0 Å². The van der Waals surface area contributed by atoms with Crippen molar-refractivity contribution >= 4 is 23.0 Å². The summed E-state index contributed by atoms with van der Waals surface area (Å²) in [4.78, 5) is 37.6. The zero-order chi connectivity index (χ0) is 28.4. The molecule has 2 fully saturated rings. The maximum atomic E-state index is 15.5. The van der Waals surface area contributed by atoms with Crippen molar-refractivity contribution in [2.75, 3.05) is 13.2 Å². The molecule has 0 saturated heterocycles. The molecule has 0 bridgehead atoms. The molecule has 8 heteroatoms. The lowest BCUT2D eigenvalue weighted by atomic mass is 9.93. The summed E-state index contributed by atoms with van der Waals surface area (Å²) < 4.78 is 22.5. The first-order valence-electron chi connectivity index (χ1n) is 14.6. The van der Waals surface area contributed by atoms with Crippen LogP contribution in [-0.4, -0.2) is 44.5 Å². The number of aryl methyl sites for hydroxylation is 1. The average molecular weight is 553 g/mol. The number of hydrogen-bond acceptors (Lipinski definition) is 5. The van der Waals surface area contributed by atoms with Gasteiger partial charge in [0, 0.05) is 13.6 Å². The number of pyridine rings is 1. The molecule has 2 aromatic carbocycles. The number of esters is 1. The molecule has 0 radical (unpaired) electrons. The molecule has 7 rings (SSSR count). The zero-order valence-corrected chi connectivity index (χ0v) is 23.6. The van der Waals surface area contributed by atoms with Crippen LogP contribution in [0.25, 0.3) is 22.6 Å². The summed E-state index contributed by atoms with van der Waals surface area (Å²) in [5, 5.41) is 0. The predicted molar refractivity (Wildman–Crippen MR) is 153 cm³/mol. The highest BCUT2D eigenvalue weighted by atomic mass is 19.1. The third-order valence-corrected chi connectivity index (χ3v) is 8.99. The van der Waals surface area contributed by atoms with Gasteiger partial charge in [0.2, 0.25) is 0 Å². The Kier molecular flexibility index (Phi) is 6.17. The molecule has 4 aromatic rings. The standard InChI is InChI=1S/C33H33FN4O3/c1-4-41-33(40)26-16-24(26)21-11-12-23(27(34)15-21)30-36-29-25(20-9-10-20)17-28(35-31(29)37(30)3)32(39)38-14-13-19-7-5-6-8-22(19)18(38)2/h5-8,11-12,15,17-18,20,24,26H,4,9-10,13-14,16H2,1-3H3/t18-,24+,26-/m1/s1. The van der Waals surface area contributed by atoms with Crippen LogP contribution in [0.4, 0.5) is 4.39 Å². The number of fused-ring (bicyclic) bond motifs is 2. The highest BCUT2D eigenvalue weighted by molar-refractivity contribution is 5.96. The fourth-order valence-corrected chi connectivity index (χ4v) is 6.44. The zero-order valence-electron chi connectivity index (χ0n) is 23.6. The highest BCUT2D eigenvalue weighted by Gasteiger charge is 2.45. The first-order chi connectivity index (χ1) is 19.9.